The van der Waals surface area contributed by atoms with Gasteiger partial charge in [0, 0.05) is 19.3 Å². The van der Waals surface area contributed by atoms with E-state index in [9.17, 15) is 4.79 Å². The van der Waals surface area contributed by atoms with E-state index in [1.165, 1.54) is 24.0 Å². The van der Waals surface area contributed by atoms with Gasteiger partial charge in [0.2, 0.25) is 0 Å². The molecule has 0 saturated carbocycles. The molecule has 0 saturated heterocycles. The van der Waals surface area contributed by atoms with Crippen LogP contribution >= 0.6 is 50.6 Å². The summed E-state index contributed by atoms with van der Waals surface area (Å²) >= 11 is 13.0. The summed E-state index contributed by atoms with van der Waals surface area (Å²) in [5.74, 6) is 2.04. The zero-order valence-corrected chi connectivity index (χ0v) is 22.8. The van der Waals surface area contributed by atoms with E-state index in [1.54, 1.807) is 41.3 Å². The van der Waals surface area contributed by atoms with Gasteiger partial charge < -0.3 is 4.74 Å². The number of nitrogens with one attached hydrogen (secondary N) is 2. The maximum absolute atomic E-state index is 13.0. The van der Waals surface area contributed by atoms with E-state index in [-0.39, 0.29) is 5.91 Å². The summed E-state index contributed by atoms with van der Waals surface area (Å²) in [6, 6.07) is 13.1. The van der Waals surface area contributed by atoms with E-state index in [4.69, 9.17) is 26.3 Å². The van der Waals surface area contributed by atoms with Crippen molar-refractivity contribution in [2.24, 2.45) is 0 Å². The number of carbonyl (C=O) groups excluding carboxylic acids is 1. The number of ether oxygens (including phenoxy) is 1. The van der Waals surface area contributed by atoms with Crippen molar-refractivity contribution in [2.45, 2.75) is 36.3 Å². The highest BCUT2D eigenvalue weighted by Gasteiger charge is 2.22. The van der Waals surface area contributed by atoms with Gasteiger partial charge in [-0.1, -0.05) is 27.5 Å². The molecule has 0 radical (unpaired) electrons. The molecule has 0 atom stereocenters. The van der Waals surface area contributed by atoms with Gasteiger partial charge in [-0.25, -0.2) is 9.97 Å². The van der Waals surface area contributed by atoms with Crippen molar-refractivity contribution in [2.75, 3.05) is 12.5 Å². The number of halogens is 2. The largest absolute Gasteiger partial charge is 0.496 e. The predicted molar refractivity (Wildman–Crippen MR) is 147 cm³/mol. The maximum Gasteiger partial charge on any atom is 0.273 e. The highest BCUT2D eigenvalue weighted by Crippen LogP contribution is 2.39. The van der Waals surface area contributed by atoms with Gasteiger partial charge in [0.15, 0.2) is 5.82 Å². The molecule has 10 heteroatoms. The summed E-state index contributed by atoms with van der Waals surface area (Å²) in [5.41, 5.74) is 7.50. The SMILES string of the molecule is COc1ccc(Cl)cc1C(=O)NNc1nc(CSc2ccc(Br)cc2)nc2sc3c(c12)CCCC3. The molecule has 2 aromatic heterocycles. The fourth-order valence-corrected chi connectivity index (χ4v) is 6.55. The van der Waals surface area contributed by atoms with Crippen molar-refractivity contribution < 1.29 is 9.53 Å². The van der Waals surface area contributed by atoms with Gasteiger partial charge in [-0.3, -0.25) is 15.6 Å². The lowest BCUT2D eigenvalue weighted by Crippen LogP contribution is -2.30. The Labute approximate surface area is 224 Å². The molecular formula is C25H22BrClN4O2S2. The molecule has 2 N–H and O–H groups in total. The van der Waals surface area contributed by atoms with E-state index in [0.29, 0.717) is 33.7 Å². The molecule has 0 fully saturated rings. The number of nitrogens with zero attached hydrogens (tertiary/aromatic N) is 2. The van der Waals surface area contributed by atoms with Crippen molar-refractivity contribution >= 4 is 72.6 Å². The van der Waals surface area contributed by atoms with Crippen LogP contribution < -0.4 is 15.6 Å². The van der Waals surface area contributed by atoms with Crippen LogP contribution in [0.25, 0.3) is 10.2 Å². The van der Waals surface area contributed by atoms with Crippen molar-refractivity contribution in [3.8, 4) is 5.75 Å². The summed E-state index contributed by atoms with van der Waals surface area (Å²) in [6.45, 7) is 0. The fourth-order valence-electron chi connectivity index (χ4n) is 4.08. The Morgan fingerprint density at radius 1 is 1.17 bits per heavy atom. The Bertz CT molecular complexity index is 1390. The molecule has 2 aromatic carbocycles. The van der Waals surface area contributed by atoms with Gasteiger partial charge in [0.1, 0.15) is 16.4 Å². The number of hydrazine groups is 1. The smallest absolute Gasteiger partial charge is 0.273 e. The fraction of sp³-hybridized carbons (Fsp3) is 0.240. The number of amides is 1. The Morgan fingerprint density at radius 2 is 1.97 bits per heavy atom. The first-order valence-electron chi connectivity index (χ1n) is 11.1. The topological polar surface area (TPSA) is 76.1 Å². The number of anilines is 1. The minimum absolute atomic E-state index is 0.344. The van der Waals surface area contributed by atoms with Gasteiger partial charge in [-0.2, -0.15) is 0 Å². The lowest BCUT2D eigenvalue weighted by atomic mass is 9.97. The quantitative estimate of drug-likeness (QED) is 0.178. The Kier molecular flexibility index (Phi) is 7.48. The summed E-state index contributed by atoms with van der Waals surface area (Å²) in [4.78, 5) is 26.1. The lowest BCUT2D eigenvalue weighted by molar-refractivity contribution is 0.0959. The van der Waals surface area contributed by atoms with Crippen LogP contribution in [-0.4, -0.2) is 23.0 Å². The first-order chi connectivity index (χ1) is 17.0. The number of benzene rings is 2. The van der Waals surface area contributed by atoms with Gasteiger partial charge >= 0.3 is 0 Å². The number of thioether (sulfide) groups is 1. The number of fused-ring (bicyclic) bond motifs is 3. The number of hydrogen-bond acceptors (Lipinski definition) is 7. The number of aryl methyl sites for hydroxylation is 2. The maximum atomic E-state index is 13.0. The van der Waals surface area contributed by atoms with E-state index in [0.717, 1.165) is 38.8 Å². The Hall–Kier alpha value is -2.33. The molecule has 5 rings (SSSR count). The number of methoxy groups -OCH3 is 1. The van der Waals surface area contributed by atoms with Crippen LogP contribution in [0.2, 0.25) is 5.02 Å². The predicted octanol–water partition coefficient (Wildman–Crippen LogP) is 7.04. The molecule has 6 nitrogen and oxygen atoms in total. The van der Waals surface area contributed by atoms with Gasteiger partial charge in [-0.05, 0) is 73.7 Å². The summed E-state index contributed by atoms with van der Waals surface area (Å²) in [7, 11) is 1.52. The summed E-state index contributed by atoms with van der Waals surface area (Å²) < 4.78 is 6.37. The van der Waals surface area contributed by atoms with Crippen LogP contribution in [-0.2, 0) is 18.6 Å². The summed E-state index contributed by atoms with van der Waals surface area (Å²) in [5, 5.41) is 1.46. The zero-order chi connectivity index (χ0) is 24.4. The number of thiophene rings is 1. The molecule has 180 valence electrons. The molecule has 1 aliphatic rings. The Balaban J connectivity index is 1.44. The highest BCUT2D eigenvalue weighted by molar-refractivity contribution is 9.10. The van der Waals surface area contributed by atoms with Crippen LogP contribution in [0.3, 0.4) is 0 Å². The van der Waals surface area contributed by atoms with Crippen molar-refractivity contribution in [3.63, 3.8) is 0 Å². The number of hydrogen-bond donors (Lipinski definition) is 2. The molecule has 0 unspecified atom stereocenters. The van der Waals surface area contributed by atoms with Gasteiger partial charge in [0.05, 0.1) is 23.8 Å². The second-order valence-electron chi connectivity index (χ2n) is 8.05. The van der Waals surface area contributed by atoms with Crippen molar-refractivity contribution in [1.29, 1.82) is 0 Å². The number of carbonyl (C=O) groups is 1. The molecule has 1 aliphatic carbocycles. The van der Waals surface area contributed by atoms with Gasteiger partial charge in [-0.15, -0.1) is 23.1 Å². The van der Waals surface area contributed by atoms with E-state index < -0.39 is 0 Å². The van der Waals surface area contributed by atoms with Crippen molar-refractivity contribution in [3.05, 3.63) is 73.8 Å². The highest BCUT2D eigenvalue weighted by atomic mass is 79.9. The molecule has 4 aromatic rings. The first kappa shape index (κ1) is 24.4. The van der Waals surface area contributed by atoms with E-state index in [2.05, 4.69) is 38.9 Å². The second kappa shape index (κ2) is 10.7. The average Bonchev–Trinajstić information content (AvgIpc) is 3.25. The molecule has 0 bridgehead atoms. The number of rotatable bonds is 7. The van der Waals surface area contributed by atoms with Crippen LogP contribution in [0.5, 0.6) is 5.75 Å². The van der Waals surface area contributed by atoms with E-state index >= 15 is 0 Å². The molecule has 0 aliphatic heterocycles. The molecule has 35 heavy (non-hydrogen) atoms. The molecule has 1 amide bonds. The third-order valence-corrected chi connectivity index (χ3v) is 8.70. The second-order valence-corrected chi connectivity index (χ2v) is 11.5. The molecular weight excluding hydrogens is 568 g/mol. The van der Waals surface area contributed by atoms with Crippen LogP contribution in [0, 0.1) is 0 Å². The number of aromatic nitrogens is 2. The van der Waals surface area contributed by atoms with Crippen LogP contribution in [0.1, 0.15) is 39.5 Å². The van der Waals surface area contributed by atoms with Gasteiger partial charge in [0.25, 0.3) is 5.91 Å². The summed E-state index contributed by atoms with van der Waals surface area (Å²) in [6.07, 6.45) is 4.39. The third-order valence-electron chi connectivity index (χ3n) is 5.74. The standard InChI is InChI=1S/C25H22BrClN4O2S2/c1-33-19-11-8-15(27)12-18(19)24(32)31-30-23-22-17-4-2-3-5-20(17)35-25(22)29-21(28-23)13-34-16-9-6-14(26)7-10-16/h6-12H,2-5,13H2,1H3,(H,31,32)(H,28,29,30). The Morgan fingerprint density at radius 3 is 2.77 bits per heavy atom. The minimum Gasteiger partial charge on any atom is -0.496 e. The van der Waals surface area contributed by atoms with E-state index in [1.807, 2.05) is 12.1 Å². The zero-order valence-electron chi connectivity index (χ0n) is 18.9. The minimum atomic E-state index is -0.356. The third kappa shape index (κ3) is 5.43. The molecule has 0 spiro atoms. The lowest BCUT2D eigenvalue weighted by Gasteiger charge is -2.15. The molecule has 2 heterocycles. The van der Waals surface area contributed by atoms with Crippen LogP contribution in [0.4, 0.5) is 5.82 Å². The average molecular weight is 590 g/mol. The normalized spacial score (nSPS) is 12.9. The monoisotopic (exact) mass is 588 g/mol. The van der Waals surface area contributed by atoms with Crippen molar-refractivity contribution in [1.82, 2.24) is 15.4 Å². The van der Waals surface area contributed by atoms with Crippen LogP contribution in [0.15, 0.2) is 51.8 Å². The first-order valence-corrected chi connectivity index (χ1v) is 14.1.